The molecule has 0 atom stereocenters. The van der Waals surface area contributed by atoms with Crippen LogP contribution in [0.4, 0.5) is 5.69 Å². The highest BCUT2D eigenvalue weighted by atomic mass is 16.5. The highest BCUT2D eigenvalue weighted by molar-refractivity contribution is 5.82. The Labute approximate surface area is 94.0 Å². The van der Waals surface area contributed by atoms with Crippen molar-refractivity contribution >= 4 is 16.6 Å². The Bertz CT molecular complexity index is 485. The number of methoxy groups -OCH3 is 1. The molecular formula is C12H14N2O2. The Balaban J connectivity index is 2.20. The Morgan fingerprint density at radius 1 is 1.19 bits per heavy atom. The lowest BCUT2D eigenvalue weighted by molar-refractivity contribution is 0.144. The number of nitrogens with two attached hydrogens (primary N) is 1. The first-order chi connectivity index (χ1) is 7.79. The number of hydrogen-bond donors (Lipinski definition) is 1. The number of ether oxygens (including phenoxy) is 2. The molecule has 0 aliphatic heterocycles. The van der Waals surface area contributed by atoms with Gasteiger partial charge in [-0.2, -0.15) is 0 Å². The van der Waals surface area contributed by atoms with Crippen molar-refractivity contribution in [3.63, 3.8) is 0 Å². The van der Waals surface area contributed by atoms with Gasteiger partial charge in [-0.3, -0.25) is 0 Å². The topological polar surface area (TPSA) is 57.4 Å². The first kappa shape index (κ1) is 10.7. The van der Waals surface area contributed by atoms with Crippen molar-refractivity contribution < 1.29 is 9.47 Å². The standard InChI is InChI=1S/C12H14N2O2/c1-15-6-7-16-12-5-2-9-8-10(13)3-4-11(9)14-12/h2-5,8H,6-7,13H2,1H3. The molecule has 1 heterocycles. The molecule has 1 aromatic carbocycles. The highest BCUT2D eigenvalue weighted by Crippen LogP contribution is 2.18. The van der Waals surface area contributed by atoms with E-state index in [0.717, 1.165) is 16.6 Å². The number of hydrogen-bond acceptors (Lipinski definition) is 4. The van der Waals surface area contributed by atoms with Gasteiger partial charge in [-0.25, -0.2) is 4.98 Å². The van der Waals surface area contributed by atoms with Crippen LogP contribution in [0.1, 0.15) is 0 Å². The molecule has 0 saturated carbocycles. The van der Waals surface area contributed by atoms with E-state index in [1.165, 1.54) is 0 Å². The third-order valence-electron chi connectivity index (χ3n) is 2.23. The Morgan fingerprint density at radius 3 is 2.88 bits per heavy atom. The number of fused-ring (bicyclic) bond motifs is 1. The quantitative estimate of drug-likeness (QED) is 0.628. The van der Waals surface area contributed by atoms with Gasteiger partial charge in [-0.15, -0.1) is 0 Å². The second-order valence-electron chi connectivity index (χ2n) is 3.44. The van der Waals surface area contributed by atoms with Crippen LogP contribution in [0.3, 0.4) is 0 Å². The van der Waals surface area contributed by atoms with Gasteiger partial charge in [0, 0.05) is 24.2 Å². The van der Waals surface area contributed by atoms with Crippen LogP contribution >= 0.6 is 0 Å². The highest BCUT2D eigenvalue weighted by Gasteiger charge is 1.99. The third-order valence-corrected chi connectivity index (χ3v) is 2.23. The fourth-order valence-electron chi connectivity index (χ4n) is 1.44. The third kappa shape index (κ3) is 2.41. The number of aromatic nitrogens is 1. The summed E-state index contributed by atoms with van der Waals surface area (Å²) in [5.41, 5.74) is 7.30. The van der Waals surface area contributed by atoms with Crippen LogP contribution in [0.5, 0.6) is 5.88 Å². The summed E-state index contributed by atoms with van der Waals surface area (Å²) in [6.45, 7) is 1.06. The van der Waals surface area contributed by atoms with Gasteiger partial charge in [0.1, 0.15) is 6.61 Å². The lowest BCUT2D eigenvalue weighted by Crippen LogP contribution is -2.05. The average Bonchev–Trinajstić information content (AvgIpc) is 2.29. The molecule has 0 spiro atoms. The maximum absolute atomic E-state index is 5.68. The van der Waals surface area contributed by atoms with Crippen molar-refractivity contribution in [2.75, 3.05) is 26.1 Å². The average molecular weight is 218 g/mol. The second kappa shape index (κ2) is 4.81. The van der Waals surface area contributed by atoms with E-state index in [-0.39, 0.29) is 0 Å². The molecule has 2 rings (SSSR count). The molecule has 0 bridgehead atoms. The molecule has 2 aromatic rings. The van der Waals surface area contributed by atoms with E-state index in [0.29, 0.717) is 19.1 Å². The van der Waals surface area contributed by atoms with Crippen LogP contribution in [0.25, 0.3) is 10.9 Å². The lowest BCUT2D eigenvalue weighted by Gasteiger charge is -2.05. The molecule has 0 saturated heterocycles. The first-order valence-corrected chi connectivity index (χ1v) is 5.07. The van der Waals surface area contributed by atoms with Crippen LogP contribution in [0.2, 0.25) is 0 Å². The van der Waals surface area contributed by atoms with E-state index in [1.54, 1.807) is 7.11 Å². The summed E-state index contributed by atoms with van der Waals surface area (Å²) in [6, 6.07) is 9.38. The molecule has 0 fully saturated rings. The maximum Gasteiger partial charge on any atom is 0.213 e. The maximum atomic E-state index is 5.68. The van der Waals surface area contributed by atoms with Crippen LogP contribution < -0.4 is 10.5 Å². The molecule has 84 valence electrons. The molecule has 0 unspecified atom stereocenters. The molecule has 0 amide bonds. The van der Waals surface area contributed by atoms with E-state index in [1.807, 2.05) is 30.3 Å². The van der Waals surface area contributed by atoms with Gasteiger partial charge in [0.05, 0.1) is 12.1 Å². The van der Waals surface area contributed by atoms with Gasteiger partial charge in [0.15, 0.2) is 0 Å². The summed E-state index contributed by atoms with van der Waals surface area (Å²) >= 11 is 0. The van der Waals surface area contributed by atoms with E-state index in [4.69, 9.17) is 15.2 Å². The van der Waals surface area contributed by atoms with Crippen molar-refractivity contribution in [2.24, 2.45) is 0 Å². The molecule has 0 radical (unpaired) electrons. The molecule has 16 heavy (non-hydrogen) atoms. The van der Waals surface area contributed by atoms with Gasteiger partial charge in [-0.1, -0.05) is 0 Å². The minimum Gasteiger partial charge on any atom is -0.475 e. The molecule has 1 aromatic heterocycles. The smallest absolute Gasteiger partial charge is 0.213 e. The number of rotatable bonds is 4. The van der Waals surface area contributed by atoms with Crippen LogP contribution in [0.15, 0.2) is 30.3 Å². The molecule has 4 heteroatoms. The van der Waals surface area contributed by atoms with Crippen molar-refractivity contribution in [2.45, 2.75) is 0 Å². The van der Waals surface area contributed by atoms with Crippen molar-refractivity contribution in [3.8, 4) is 5.88 Å². The van der Waals surface area contributed by atoms with Crippen molar-refractivity contribution in [1.82, 2.24) is 4.98 Å². The van der Waals surface area contributed by atoms with E-state index >= 15 is 0 Å². The van der Waals surface area contributed by atoms with Crippen molar-refractivity contribution in [3.05, 3.63) is 30.3 Å². The van der Waals surface area contributed by atoms with Gasteiger partial charge in [0.25, 0.3) is 0 Å². The van der Waals surface area contributed by atoms with Crippen LogP contribution in [-0.4, -0.2) is 25.3 Å². The van der Waals surface area contributed by atoms with E-state index < -0.39 is 0 Å². The molecule has 2 N–H and O–H groups in total. The zero-order chi connectivity index (χ0) is 11.4. The Hall–Kier alpha value is -1.81. The zero-order valence-corrected chi connectivity index (χ0v) is 9.14. The minimum atomic E-state index is 0.504. The van der Waals surface area contributed by atoms with E-state index in [2.05, 4.69) is 4.98 Å². The predicted octanol–water partition coefficient (Wildman–Crippen LogP) is 1.84. The number of benzene rings is 1. The zero-order valence-electron chi connectivity index (χ0n) is 9.14. The van der Waals surface area contributed by atoms with Gasteiger partial charge in [0.2, 0.25) is 5.88 Å². The number of nitrogens with zero attached hydrogens (tertiary/aromatic N) is 1. The lowest BCUT2D eigenvalue weighted by atomic mass is 10.2. The monoisotopic (exact) mass is 218 g/mol. The Morgan fingerprint density at radius 2 is 2.06 bits per heavy atom. The van der Waals surface area contributed by atoms with Crippen LogP contribution in [0, 0.1) is 0 Å². The van der Waals surface area contributed by atoms with Gasteiger partial charge in [-0.05, 0) is 24.3 Å². The molecule has 0 aliphatic carbocycles. The molecule has 0 aliphatic rings. The van der Waals surface area contributed by atoms with E-state index in [9.17, 15) is 0 Å². The second-order valence-corrected chi connectivity index (χ2v) is 3.44. The minimum absolute atomic E-state index is 0.504. The fourth-order valence-corrected chi connectivity index (χ4v) is 1.44. The number of nitrogen functional groups attached to an aromatic ring is 1. The first-order valence-electron chi connectivity index (χ1n) is 5.07. The van der Waals surface area contributed by atoms with Gasteiger partial charge < -0.3 is 15.2 Å². The number of anilines is 1. The summed E-state index contributed by atoms with van der Waals surface area (Å²) in [7, 11) is 1.64. The predicted molar refractivity (Wildman–Crippen MR) is 63.5 cm³/mol. The number of pyridine rings is 1. The van der Waals surface area contributed by atoms with Gasteiger partial charge >= 0.3 is 0 Å². The van der Waals surface area contributed by atoms with Crippen molar-refractivity contribution in [1.29, 1.82) is 0 Å². The SMILES string of the molecule is COCCOc1ccc2cc(N)ccc2n1. The fraction of sp³-hybridized carbons (Fsp3) is 0.250. The largest absolute Gasteiger partial charge is 0.475 e. The summed E-state index contributed by atoms with van der Waals surface area (Å²) in [5.74, 6) is 0.606. The Kier molecular flexibility index (Phi) is 3.22. The van der Waals surface area contributed by atoms with Crippen LogP contribution in [-0.2, 0) is 4.74 Å². The summed E-state index contributed by atoms with van der Waals surface area (Å²) < 4.78 is 10.3. The normalized spacial score (nSPS) is 10.6. The molecular weight excluding hydrogens is 204 g/mol. The summed E-state index contributed by atoms with van der Waals surface area (Å²) in [5, 5.41) is 1.01. The summed E-state index contributed by atoms with van der Waals surface area (Å²) in [4.78, 5) is 4.35. The summed E-state index contributed by atoms with van der Waals surface area (Å²) in [6.07, 6.45) is 0. The molecule has 4 nitrogen and oxygen atoms in total.